The molecule has 0 saturated heterocycles. The van der Waals surface area contributed by atoms with E-state index in [0.29, 0.717) is 5.02 Å². The Hall–Kier alpha value is -3.10. The Morgan fingerprint density at radius 2 is 1.46 bits per heavy atom. The zero-order valence-electron chi connectivity index (χ0n) is 13.9. The van der Waals surface area contributed by atoms with Crippen molar-refractivity contribution in [2.45, 2.75) is 0 Å². The van der Waals surface area contributed by atoms with Gasteiger partial charge in [-0.05, 0) is 40.1 Å². The van der Waals surface area contributed by atoms with E-state index in [9.17, 15) is 0 Å². The van der Waals surface area contributed by atoms with E-state index in [1.807, 2.05) is 18.2 Å². The van der Waals surface area contributed by atoms with Gasteiger partial charge in [0, 0.05) is 16.0 Å². The van der Waals surface area contributed by atoms with Gasteiger partial charge in [-0.25, -0.2) is 0 Å². The number of nitrogens with zero attached hydrogens (tertiary/aromatic N) is 1. The van der Waals surface area contributed by atoms with Gasteiger partial charge < -0.3 is 0 Å². The first-order valence-corrected chi connectivity index (χ1v) is 8.89. The second kappa shape index (κ2) is 6.01. The summed E-state index contributed by atoms with van der Waals surface area (Å²) in [5.41, 5.74) is 5.42. The minimum absolute atomic E-state index is 0.715. The maximum absolute atomic E-state index is 6.15. The Bertz CT molecular complexity index is 1230. The summed E-state index contributed by atoms with van der Waals surface area (Å²) in [6, 6.07) is 29.2. The molecule has 0 bridgehead atoms. The van der Waals surface area contributed by atoms with Gasteiger partial charge in [-0.15, -0.1) is 0 Å². The highest BCUT2D eigenvalue weighted by molar-refractivity contribution is 6.31. The number of aromatic amines is 1. The average molecular weight is 355 g/mol. The molecule has 0 spiro atoms. The molecule has 124 valence electrons. The third-order valence-electron chi connectivity index (χ3n) is 4.78. The molecule has 3 heteroatoms. The molecule has 0 aliphatic heterocycles. The predicted molar refractivity (Wildman–Crippen MR) is 109 cm³/mol. The molecule has 26 heavy (non-hydrogen) atoms. The van der Waals surface area contributed by atoms with Gasteiger partial charge in [0.2, 0.25) is 0 Å². The molecule has 5 aromatic rings. The van der Waals surface area contributed by atoms with Crippen LogP contribution in [0.3, 0.4) is 0 Å². The molecular formula is C23H15ClN2. The maximum Gasteiger partial charge on any atom is 0.0999 e. The summed E-state index contributed by atoms with van der Waals surface area (Å²) in [4.78, 5) is 0. The summed E-state index contributed by atoms with van der Waals surface area (Å²) in [5.74, 6) is 0. The molecular weight excluding hydrogens is 340 g/mol. The summed E-state index contributed by atoms with van der Waals surface area (Å²) < 4.78 is 0. The van der Waals surface area contributed by atoms with Gasteiger partial charge in [0.05, 0.1) is 11.2 Å². The molecule has 1 N–H and O–H groups in total. The molecule has 0 radical (unpaired) electrons. The lowest BCUT2D eigenvalue weighted by Crippen LogP contribution is -1.83. The highest BCUT2D eigenvalue weighted by Gasteiger charge is 2.09. The van der Waals surface area contributed by atoms with Gasteiger partial charge in [-0.2, -0.15) is 5.10 Å². The summed E-state index contributed by atoms with van der Waals surface area (Å²) in [7, 11) is 0. The van der Waals surface area contributed by atoms with Crippen molar-refractivity contribution in [2.75, 3.05) is 0 Å². The Kier molecular flexibility index (Phi) is 3.51. The fourth-order valence-corrected chi connectivity index (χ4v) is 3.66. The lowest BCUT2D eigenvalue weighted by Gasteiger charge is -2.08. The van der Waals surface area contributed by atoms with Crippen molar-refractivity contribution >= 4 is 33.3 Å². The first-order chi connectivity index (χ1) is 12.8. The van der Waals surface area contributed by atoms with Crippen LogP contribution in [0, 0.1) is 0 Å². The highest BCUT2D eigenvalue weighted by Crippen LogP contribution is 2.32. The first-order valence-electron chi connectivity index (χ1n) is 8.52. The van der Waals surface area contributed by atoms with Gasteiger partial charge in [0.25, 0.3) is 0 Å². The standard InChI is InChI=1S/C23H15ClN2/c24-18-12-13-22-21(14-18)23(26-25-22)17-10-8-16(9-11-17)20-7-3-5-15-4-1-2-6-19(15)20/h1-14H,(H,25,26). The molecule has 0 atom stereocenters. The first kappa shape index (κ1) is 15.2. The SMILES string of the molecule is Clc1ccc2[nH]nc(-c3ccc(-c4cccc5ccccc45)cc3)c2c1. The molecule has 0 amide bonds. The number of hydrogen-bond acceptors (Lipinski definition) is 1. The van der Waals surface area contributed by atoms with E-state index >= 15 is 0 Å². The van der Waals surface area contributed by atoms with Crippen molar-refractivity contribution < 1.29 is 0 Å². The van der Waals surface area contributed by atoms with Crippen LogP contribution in [-0.2, 0) is 0 Å². The molecule has 2 nitrogen and oxygen atoms in total. The van der Waals surface area contributed by atoms with Gasteiger partial charge in [-0.1, -0.05) is 78.3 Å². The maximum atomic E-state index is 6.15. The van der Waals surface area contributed by atoms with E-state index in [4.69, 9.17) is 11.6 Å². The molecule has 1 aromatic heterocycles. The van der Waals surface area contributed by atoms with Crippen molar-refractivity contribution in [1.29, 1.82) is 0 Å². The van der Waals surface area contributed by atoms with Crippen molar-refractivity contribution in [3.63, 3.8) is 0 Å². The fraction of sp³-hybridized carbons (Fsp3) is 0. The Labute approximate surface area is 156 Å². The highest BCUT2D eigenvalue weighted by atomic mass is 35.5. The fourth-order valence-electron chi connectivity index (χ4n) is 3.49. The molecule has 0 saturated carbocycles. The second-order valence-electron chi connectivity index (χ2n) is 6.37. The Balaban J connectivity index is 1.61. The van der Waals surface area contributed by atoms with Crippen LogP contribution < -0.4 is 0 Å². The van der Waals surface area contributed by atoms with Crippen LogP contribution in [-0.4, -0.2) is 10.2 Å². The monoisotopic (exact) mass is 354 g/mol. The smallest absolute Gasteiger partial charge is 0.0999 e. The second-order valence-corrected chi connectivity index (χ2v) is 6.80. The summed E-state index contributed by atoms with van der Waals surface area (Å²) in [5, 5.41) is 11.8. The number of H-pyrrole nitrogens is 1. The lowest BCUT2D eigenvalue weighted by atomic mass is 9.97. The van der Waals surface area contributed by atoms with Gasteiger partial charge in [0.15, 0.2) is 0 Å². The normalized spacial score (nSPS) is 11.3. The van der Waals surface area contributed by atoms with Crippen molar-refractivity contribution in [3.8, 4) is 22.4 Å². The third-order valence-corrected chi connectivity index (χ3v) is 5.02. The topological polar surface area (TPSA) is 28.7 Å². The van der Waals surface area contributed by atoms with Gasteiger partial charge in [0.1, 0.15) is 0 Å². The van der Waals surface area contributed by atoms with Crippen molar-refractivity contribution in [3.05, 3.63) is 90.0 Å². The van der Waals surface area contributed by atoms with Crippen LogP contribution in [0.5, 0.6) is 0 Å². The molecule has 4 aromatic carbocycles. The molecule has 0 unspecified atom stereocenters. The predicted octanol–water partition coefficient (Wildman–Crippen LogP) is 6.70. The van der Waals surface area contributed by atoms with Crippen LogP contribution in [0.25, 0.3) is 44.1 Å². The number of benzene rings is 4. The number of aromatic nitrogens is 2. The zero-order chi connectivity index (χ0) is 17.5. The van der Waals surface area contributed by atoms with Crippen LogP contribution in [0.4, 0.5) is 0 Å². The average Bonchev–Trinajstić information content (AvgIpc) is 3.11. The molecule has 0 aliphatic rings. The minimum Gasteiger partial charge on any atom is -0.277 e. The summed E-state index contributed by atoms with van der Waals surface area (Å²) >= 11 is 6.15. The van der Waals surface area contributed by atoms with E-state index in [2.05, 4.69) is 76.9 Å². The van der Waals surface area contributed by atoms with Crippen LogP contribution in [0.1, 0.15) is 0 Å². The third kappa shape index (κ3) is 2.47. The van der Waals surface area contributed by atoms with Crippen LogP contribution in [0.2, 0.25) is 5.02 Å². The van der Waals surface area contributed by atoms with Crippen LogP contribution >= 0.6 is 11.6 Å². The Morgan fingerprint density at radius 3 is 2.35 bits per heavy atom. The number of halogens is 1. The van der Waals surface area contributed by atoms with Gasteiger partial charge in [-0.3, -0.25) is 5.10 Å². The van der Waals surface area contributed by atoms with E-state index in [0.717, 1.165) is 22.2 Å². The Morgan fingerprint density at radius 1 is 0.692 bits per heavy atom. The number of nitrogens with one attached hydrogen (secondary N) is 1. The quantitative estimate of drug-likeness (QED) is 0.375. The molecule has 0 aliphatic carbocycles. The van der Waals surface area contributed by atoms with E-state index < -0.39 is 0 Å². The number of hydrogen-bond donors (Lipinski definition) is 1. The zero-order valence-corrected chi connectivity index (χ0v) is 14.7. The molecule has 5 rings (SSSR count). The summed E-state index contributed by atoms with van der Waals surface area (Å²) in [6.07, 6.45) is 0. The van der Waals surface area contributed by atoms with Crippen molar-refractivity contribution in [1.82, 2.24) is 10.2 Å². The largest absolute Gasteiger partial charge is 0.277 e. The van der Waals surface area contributed by atoms with E-state index in [1.54, 1.807) is 0 Å². The lowest BCUT2D eigenvalue weighted by molar-refractivity contribution is 1.12. The van der Waals surface area contributed by atoms with Crippen LogP contribution in [0.15, 0.2) is 84.9 Å². The minimum atomic E-state index is 0.715. The van der Waals surface area contributed by atoms with Crippen molar-refractivity contribution in [2.24, 2.45) is 0 Å². The van der Waals surface area contributed by atoms with E-state index in [-0.39, 0.29) is 0 Å². The number of fused-ring (bicyclic) bond motifs is 2. The molecule has 1 heterocycles. The summed E-state index contributed by atoms with van der Waals surface area (Å²) in [6.45, 7) is 0. The number of rotatable bonds is 2. The van der Waals surface area contributed by atoms with Gasteiger partial charge >= 0.3 is 0 Å². The molecule has 0 fully saturated rings. The van der Waals surface area contributed by atoms with E-state index in [1.165, 1.54) is 21.9 Å².